The lowest BCUT2D eigenvalue weighted by Crippen LogP contribution is -2.24. The molecule has 0 amide bonds. The zero-order valence-electron chi connectivity index (χ0n) is 17.5. The van der Waals surface area contributed by atoms with Crippen LogP contribution in [-0.2, 0) is 16.1 Å². The fourth-order valence-electron chi connectivity index (χ4n) is 2.83. The van der Waals surface area contributed by atoms with Crippen molar-refractivity contribution < 1.29 is 9.53 Å². The van der Waals surface area contributed by atoms with E-state index in [1.54, 1.807) is 6.92 Å². The van der Waals surface area contributed by atoms with Crippen molar-refractivity contribution in [2.24, 2.45) is 5.92 Å². The van der Waals surface area contributed by atoms with Crippen LogP contribution in [0.15, 0.2) is 60.7 Å². The highest BCUT2D eigenvalue weighted by Crippen LogP contribution is 2.27. The van der Waals surface area contributed by atoms with Gasteiger partial charge in [-0.1, -0.05) is 87.9 Å². The van der Waals surface area contributed by atoms with Gasteiger partial charge in [-0.2, -0.15) is 0 Å². The molecule has 0 N–H and O–H groups in total. The molecule has 0 bridgehead atoms. The Bertz CT molecular complexity index is 625. The molecule has 0 aromatic heterocycles. The molecule has 3 heteroatoms. The third-order valence-electron chi connectivity index (χ3n) is 4.65. The Labute approximate surface area is 165 Å². The van der Waals surface area contributed by atoms with Gasteiger partial charge in [-0.05, 0) is 37.1 Å². The lowest BCUT2D eigenvalue weighted by molar-refractivity contribution is -0.144. The Kier molecular flexibility index (Phi) is 11.1. The van der Waals surface area contributed by atoms with E-state index in [1.807, 2.05) is 30.3 Å². The highest BCUT2D eigenvalue weighted by Gasteiger charge is 2.18. The summed E-state index contributed by atoms with van der Waals surface area (Å²) in [5, 5.41) is 0. The minimum absolute atomic E-state index is 0.154. The van der Waals surface area contributed by atoms with Crippen LogP contribution in [0.2, 0.25) is 0 Å². The molecule has 148 valence electrons. The molecule has 0 saturated heterocycles. The van der Waals surface area contributed by atoms with Crippen LogP contribution in [-0.4, -0.2) is 31.5 Å². The Morgan fingerprint density at radius 2 is 1.52 bits per heavy atom. The van der Waals surface area contributed by atoms with Crippen LogP contribution in [0.1, 0.15) is 50.7 Å². The summed E-state index contributed by atoms with van der Waals surface area (Å²) in [5.41, 5.74) is 2.50. The van der Waals surface area contributed by atoms with Crippen LogP contribution in [0.4, 0.5) is 0 Å². The second-order valence-electron chi connectivity index (χ2n) is 7.16. The number of carbonyl (C=O) groups excluding carboxylic acids is 1. The van der Waals surface area contributed by atoms with Crippen LogP contribution in [0.5, 0.6) is 0 Å². The summed E-state index contributed by atoms with van der Waals surface area (Å²) in [7, 11) is 4.30. The van der Waals surface area contributed by atoms with Crippen molar-refractivity contribution in [3.05, 3.63) is 71.8 Å². The van der Waals surface area contributed by atoms with Crippen molar-refractivity contribution in [2.75, 3.05) is 20.6 Å². The van der Waals surface area contributed by atoms with Crippen LogP contribution in [0.25, 0.3) is 0 Å². The molecule has 0 aliphatic rings. The van der Waals surface area contributed by atoms with E-state index in [2.05, 4.69) is 63.2 Å². The minimum Gasteiger partial charge on any atom is -0.461 e. The monoisotopic (exact) mass is 369 g/mol. The van der Waals surface area contributed by atoms with Crippen molar-refractivity contribution in [3.8, 4) is 0 Å². The molecular formula is C24H35NO2. The molecular weight excluding hydrogens is 334 g/mol. The normalized spacial score (nSPS) is 12.7. The molecule has 0 aliphatic heterocycles. The van der Waals surface area contributed by atoms with Crippen molar-refractivity contribution in [1.29, 1.82) is 0 Å². The quantitative estimate of drug-likeness (QED) is 0.574. The first-order chi connectivity index (χ1) is 13.0. The second kappa shape index (κ2) is 13.1. The Morgan fingerprint density at radius 3 is 2.00 bits per heavy atom. The molecule has 27 heavy (non-hydrogen) atoms. The van der Waals surface area contributed by atoms with Gasteiger partial charge in [-0.15, -0.1) is 0 Å². The molecule has 0 fully saturated rings. The van der Waals surface area contributed by atoms with Crippen molar-refractivity contribution in [1.82, 2.24) is 4.90 Å². The van der Waals surface area contributed by atoms with Gasteiger partial charge < -0.3 is 9.64 Å². The largest absolute Gasteiger partial charge is 0.461 e. The van der Waals surface area contributed by atoms with Gasteiger partial charge in [0, 0.05) is 13.0 Å². The fourth-order valence-corrected chi connectivity index (χ4v) is 2.83. The Morgan fingerprint density at radius 1 is 0.963 bits per heavy atom. The van der Waals surface area contributed by atoms with Gasteiger partial charge in [0.05, 0.1) is 0 Å². The summed E-state index contributed by atoms with van der Waals surface area (Å²) < 4.78 is 4.94. The van der Waals surface area contributed by atoms with E-state index >= 15 is 0 Å². The first-order valence-electron chi connectivity index (χ1n) is 9.87. The van der Waals surface area contributed by atoms with E-state index in [0.717, 1.165) is 18.0 Å². The highest BCUT2D eigenvalue weighted by atomic mass is 16.5. The molecule has 0 aliphatic carbocycles. The summed E-state index contributed by atoms with van der Waals surface area (Å²) in [6.07, 6.45) is 1.68. The van der Waals surface area contributed by atoms with Crippen LogP contribution < -0.4 is 0 Å². The lowest BCUT2D eigenvalue weighted by Gasteiger charge is -2.26. The second-order valence-corrected chi connectivity index (χ2v) is 7.16. The fraction of sp³-hybridized carbons (Fsp3) is 0.458. The zero-order chi connectivity index (χ0) is 20.1. The predicted octanol–water partition coefficient (Wildman–Crippen LogP) is 5.52. The van der Waals surface area contributed by atoms with Gasteiger partial charge in [0.15, 0.2) is 0 Å². The Balaban J connectivity index is 0.000000277. The first kappa shape index (κ1) is 22.9. The lowest BCUT2D eigenvalue weighted by atomic mass is 9.85. The average Bonchev–Trinajstić information content (AvgIpc) is 2.71. The molecule has 0 radical (unpaired) electrons. The van der Waals surface area contributed by atoms with Gasteiger partial charge in [-0.25, -0.2) is 0 Å². The maximum absolute atomic E-state index is 10.8. The van der Waals surface area contributed by atoms with Crippen molar-refractivity contribution in [2.45, 2.75) is 46.1 Å². The number of ether oxygens (including phenoxy) is 1. The molecule has 2 aromatic rings. The van der Waals surface area contributed by atoms with Gasteiger partial charge in [-0.3, -0.25) is 4.79 Å². The zero-order valence-corrected chi connectivity index (χ0v) is 17.5. The molecule has 0 saturated carbocycles. The molecule has 3 nitrogen and oxygen atoms in total. The number of esters is 1. The minimum atomic E-state index is -0.154. The summed E-state index contributed by atoms with van der Waals surface area (Å²) in [6.45, 7) is 7.93. The van der Waals surface area contributed by atoms with Crippen molar-refractivity contribution in [3.63, 3.8) is 0 Å². The average molecular weight is 370 g/mol. The van der Waals surface area contributed by atoms with Gasteiger partial charge in [0.25, 0.3) is 0 Å². The SMILES string of the molecule is CCC(=O)OCc1ccccc1.CCC(C)C(CN(C)C)c1ccccc1. The summed E-state index contributed by atoms with van der Waals surface area (Å²) in [4.78, 5) is 13.0. The number of carbonyl (C=O) groups is 1. The molecule has 0 spiro atoms. The van der Waals surface area contributed by atoms with Crippen LogP contribution in [0, 0.1) is 5.92 Å². The van der Waals surface area contributed by atoms with Gasteiger partial charge in [0.1, 0.15) is 6.61 Å². The molecule has 2 rings (SSSR count). The molecule has 2 unspecified atom stereocenters. The standard InChI is InChI=1S/C14H23N.C10H12O2/c1-5-12(2)14(11-15(3)4)13-9-7-6-8-10-13;1-2-10(11)12-8-9-6-4-3-5-7-9/h6-10,12,14H,5,11H2,1-4H3;3-7H,2,8H2,1H3. The van der Waals surface area contributed by atoms with E-state index in [1.165, 1.54) is 12.0 Å². The number of benzene rings is 2. The third kappa shape index (κ3) is 9.39. The first-order valence-corrected chi connectivity index (χ1v) is 9.87. The summed E-state index contributed by atoms with van der Waals surface area (Å²) in [5.74, 6) is 1.25. The number of nitrogens with zero attached hydrogens (tertiary/aromatic N) is 1. The van der Waals surface area contributed by atoms with Gasteiger partial charge >= 0.3 is 5.97 Å². The number of hydrogen-bond donors (Lipinski definition) is 0. The van der Waals surface area contributed by atoms with Gasteiger partial charge in [0.2, 0.25) is 0 Å². The molecule has 0 heterocycles. The molecule has 2 atom stereocenters. The van der Waals surface area contributed by atoms with E-state index in [0.29, 0.717) is 18.9 Å². The Hall–Kier alpha value is -2.13. The van der Waals surface area contributed by atoms with Crippen molar-refractivity contribution >= 4 is 5.97 Å². The highest BCUT2D eigenvalue weighted by molar-refractivity contribution is 5.68. The molecule has 2 aromatic carbocycles. The maximum Gasteiger partial charge on any atom is 0.305 e. The number of hydrogen-bond acceptors (Lipinski definition) is 3. The van der Waals surface area contributed by atoms with Crippen LogP contribution >= 0.6 is 0 Å². The van der Waals surface area contributed by atoms with Crippen LogP contribution in [0.3, 0.4) is 0 Å². The van der Waals surface area contributed by atoms with E-state index < -0.39 is 0 Å². The van der Waals surface area contributed by atoms with E-state index in [9.17, 15) is 4.79 Å². The summed E-state index contributed by atoms with van der Waals surface area (Å²) in [6, 6.07) is 20.5. The van der Waals surface area contributed by atoms with E-state index in [4.69, 9.17) is 4.74 Å². The number of rotatable bonds is 8. The summed E-state index contributed by atoms with van der Waals surface area (Å²) >= 11 is 0. The third-order valence-corrected chi connectivity index (χ3v) is 4.65. The number of likely N-dealkylation sites (N-methyl/N-ethyl adjacent to an activating group) is 1. The predicted molar refractivity (Wildman–Crippen MR) is 114 cm³/mol. The maximum atomic E-state index is 10.8. The van der Waals surface area contributed by atoms with E-state index in [-0.39, 0.29) is 5.97 Å². The smallest absolute Gasteiger partial charge is 0.305 e. The topological polar surface area (TPSA) is 29.5 Å².